The number of hydrogen-bond acceptors (Lipinski definition) is 2. The van der Waals surface area contributed by atoms with E-state index in [0.717, 1.165) is 31.2 Å². The van der Waals surface area contributed by atoms with Crippen LogP contribution in [0.5, 0.6) is 0 Å². The fourth-order valence-electron chi connectivity index (χ4n) is 2.95. The highest BCUT2D eigenvalue weighted by Gasteiger charge is 2.26. The van der Waals surface area contributed by atoms with Crippen LogP contribution in [0.1, 0.15) is 43.7 Å². The van der Waals surface area contributed by atoms with E-state index in [1.165, 1.54) is 5.56 Å². The van der Waals surface area contributed by atoms with E-state index in [2.05, 4.69) is 11.4 Å². The van der Waals surface area contributed by atoms with Gasteiger partial charge in [-0.25, -0.2) is 0 Å². The third-order valence-corrected chi connectivity index (χ3v) is 4.06. The van der Waals surface area contributed by atoms with Gasteiger partial charge in [0, 0.05) is 19.5 Å². The number of hydrogen-bond donors (Lipinski definition) is 1. The molecule has 0 aliphatic heterocycles. The Balaban J connectivity index is 1.86. The summed E-state index contributed by atoms with van der Waals surface area (Å²) in [7, 11) is 0. The van der Waals surface area contributed by atoms with E-state index in [4.69, 9.17) is 0 Å². The number of nitrogens with zero attached hydrogens (tertiary/aromatic N) is 1. The van der Waals surface area contributed by atoms with Crippen molar-refractivity contribution >= 4 is 11.8 Å². The summed E-state index contributed by atoms with van der Waals surface area (Å²) in [4.78, 5) is 25.5. The third-order valence-electron chi connectivity index (χ3n) is 4.06. The zero-order valence-electron chi connectivity index (χ0n) is 12.9. The largest absolute Gasteiger partial charge is 0.350 e. The second-order valence-electron chi connectivity index (χ2n) is 5.85. The molecule has 114 valence electrons. The quantitative estimate of drug-likeness (QED) is 0.904. The van der Waals surface area contributed by atoms with Crippen LogP contribution in [0.25, 0.3) is 0 Å². The van der Waals surface area contributed by atoms with Gasteiger partial charge < -0.3 is 10.2 Å². The molecule has 0 spiro atoms. The van der Waals surface area contributed by atoms with Crippen LogP contribution in [0, 0.1) is 6.92 Å². The van der Waals surface area contributed by atoms with Crippen LogP contribution in [0.3, 0.4) is 0 Å². The van der Waals surface area contributed by atoms with E-state index < -0.39 is 0 Å². The van der Waals surface area contributed by atoms with Crippen LogP contribution in [-0.4, -0.2) is 29.3 Å². The number of aryl methyl sites for hydroxylation is 1. The Morgan fingerprint density at radius 2 is 2.00 bits per heavy atom. The van der Waals surface area contributed by atoms with Gasteiger partial charge in [-0.2, -0.15) is 0 Å². The van der Waals surface area contributed by atoms with E-state index in [-0.39, 0.29) is 24.4 Å². The van der Waals surface area contributed by atoms with Crippen LogP contribution in [0.15, 0.2) is 24.3 Å². The average molecular weight is 288 g/mol. The molecule has 0 atom stereocenters. The maximum Gasteiger partial charge on any atom is 0.239 e. The molecule has 21 heavy (non-hydrogen) atoms. The van der Waals surface area contributed by atoms with Gasteiger partial charge in [0.25, 0.3) is 0 Å². The van der Waals surface area contributed by atoms with Crippen LogP contribution in [-0.2, 0) is 16.1 Å². The minimum atomic E-state index is -0.0846. The lowest BCUT2D eigenvalue weighted by Gasteiger charge is -2.27. The van der Waals surface area contributed by atoms with E-state index in [1.807, 2.05) is 25.1 Å². The molecule has 1 aliphatic carbocycles. The Hall–Kier alpha value is -1.84. The number of carbonyl (C=O) groups excluding carboxylic acids is 2. The topological polar surface area (TPSA) is 49.4 Å². The van der Waals surface area contributed by atoms with Crippen LogP contribution >= 0.6 is 0 Å². The summed E-state index contributed by atoms with van der Waals surface area (Å²) >= 11 is 0. The van der Waals surface area contributed by atoms with Crippen molar-refractivity contribution in [3.05, 3.63) is 35.4 Å². The highest BCUT2D eigenvalue weighted by atomic mass is 16.2. The fraction of sp³-hybridized carbons (Fsp3) is 0.529. The fourth-order valence-corrected chi connectivity index (χ4v) is 2.95. The number of carbonyl (C=O) groups is 2. The molecule has 1 aliphatic rings. The van der Waals surface area contributed by atoms with Gasteiger partial charge in [0.1, 0.15) is 0 Å². The molecule has 4 heteroatoms. The molecule has 2 amide bonds. The maximum atomic E-state index is 12.1. The lowest BCUT2D eigenvalue weighted by molar-refractivity contribution is -0.136. The summed E-state index contributed by atoms with van der Waals surface area (Å²) in [6, 6.07) is 8.31. The van der Waals surface area contributed by atoms with Gasteiger partial charge in [0.05, 0.1) is 6.54 Å². The monoisotopic (exact) mass is 288 g/mol. The van der Waals surface area contributed by atoms with E-state index >= 15 is 0 Å². The second-order valence-corrected chi connectivity index (χ2v) is 5.85. The Bertz CT molecular complexity index is 507. The van der Waals surface area contributed by atoms with E-state index in [1.54, 1.807) is 11.8 Å². The SMILES string of the molecule is CC(=O)N(CC(=O)NCc1cccc(C)c1)C1CCCC1. The summed E-state index contributed by atoms with van der Waals surface area (Å²) in [6.45, 7) is 4.26. The van der Waals surface area contributed by atoms with Crippen molar-refractivity contribution < 1.29 is 9.59 Å². The minimum absolute atomic E-state index is 0.00685. The standard InChI is InChI=1S/C17H24N2O2/c1-13-6-5-7-15(10-13)11-18-17(21)12-19(14(2)20)16-8-3-4-9-16/h5-7,10,16H,3-4,8-9,11-12H2,1-2H3,(H,18,21). The number of rotatable bonds is 5. The van der Waals surface area contributed by atoms with Gasteiger partial charge in [-0.05, 0) is 25.3 Å². The molecule has 1 saturated carbocycles. The molecule has 1 fully saturated rings. The predicted octanol–water partition coefficient (Wildman–Crippen LogP) is 2.40. The van der Waals surface area contributed by atoms with E-state index in [9.17, 15) is 9.59 Å². The highest BCUT2D eigenvalue weighted by Crippen LogP contribution is 2.23. The zero-order valence-corrected chi connectivity index (χ0v) is 12.9. The van der Waals surface area contributed by atoms with Gasteiger partial charge in [0.2, 0.25) is 11.8 Å². The molecule has 0 saturated heterocycles. The van der Waals surface area contributed by atoms with Crippen molar-refractivity contribution in [3.63, 3.8) is 0 Å². The molecular formula is C17H24N2O2. The van der Waals surface area contributed by atoms with Crippen molar-refractivity contribution in [1.82, 2.24) is 10.2 Å². The molecule has 4 nitrogen and oxygen atoms in total. The summed E-state index contributed by atoms with van der Waals surface area (Å²) < 4.78 is 0. The third kappa shape index (κ3) is 4.59. The Morgan fingerprint density at radius 3 is 2.62 bits per heavy atom. The average Bonchev–Trinajstić information content (AvgIpc) is 2.96. The van der Waals surface area contributed by atoms with Crippen molar-refractivity contribution in [1.29, 1.82) is 0 Å². The molecule has 0 bridgehead atoms. The normalized spacial score (nSPS) is 15.0. The maximum absolute atomic E-state index is 12.1. The zero-order chi connectivity index (χ0) is 15.2. The molecule has 0 aromatic heterocycles. The molecule has 0 heterocycles. The van der Waals surface area contributed by atoms with Crippen molar-refractivity contribution in [2.24, 2.45) is 0 Å². The van der Waals surface area contributed by atoms with Gasteiger partial charge in [-0.1, -0.05) is 42.7 Å². The van der Waals surface area contributed by atoms with Crippen molar-refractivity contribution in [3.8, 4) is 0 Å². The van der Waals surface area contributed by atoms with E-state index in [0.29, 0.717) is 6.54 Å². The number of amides is 2. The first-order chi connectivity index (χ1) is 10.1. The van der Waals surface area contributed by atoms with Crippen LogP contribution in [0.2, 0.25) is 0 Å². The molecule has 1 aromatic carbocycles. The lowest BCUT2D eigenvalue weighted by atomic mass is 10.1. The summed E-state index contributed by atoms with van der Waals surface area (Å²) in [5.74, 6) is -0.0915. The molecular weight excluding hydrogens is 264 g/mol. The molecule has 0 unspecified atom stereocenters. The highest BCUT2D eigenvalue weighted by molar-refractivity contribution is 5.84. The van der Waals surface area contributed by atoms with Crippen LogP contribution in [0.4, 0.5) is 0 Å². The van der Waals surface area contributed by atoms with Gasteiger partial charge >= 0.3 is 0 Å². The first-order valence-corrected chi connectivity index (χ1v) is 7.65. The second kappa shape index (κ2) is 7.25. The Labute approximate surface area is 126 Å². The summed E-state index contributed by atoms with van der Waals surface area (Å²) in [6.07, 6.45) is 4.34. The lowest BCUT2D eigenvalue weighted by Crippen LogP contribution is -2.44. The predicted molar refractivity (Wildman–Crippen MR) is 82.7 cm³/mol. The molecule has 0 radical (unpaired) electrons. The van der Waals surface area contributed by atoms with Gasteiger partial charge in [-0.3, -0.25) is 9.59 Å². The summed E-state index contributed by atoms with van der Waals surface area (Å²) in [5, 5.41) is 2.90. The minimum Gasteiger partial charge on any atom is -0.350 e. The Kier molecular flexibility index (Phi) is 5.37. The summed E-state index contributed by atoms with van der Waals surface area (Å²) in [5.41, 5.74) is 2.26. The smallest absolute Gasteiger partial charge is 0.239 e. The first-order valence-electron chi connectivity index (χ1n) is 7.65. The Morgan fingerprint density at radius 1 is 1.29 bits per heavy atom. The van der Waals surface area contributed by atoms with Gasteiger partial charge in [0.15, 0.2) is 0 Å². The van der Waals surface area contributed by atoms with Crippen LogP contribution < -0.4 is 5.32 Å². The molecule has 1 N–H and O–H groups in total. The number of nitrogens with one attached hydrogen (secondary N) is 1. The first kappa shape index (κ1) is 15.5. The molecule has 2 rings (SSSR count). The number of benzene rings is 1. The van der Waals surface area contributed by atoms with Crippen molar-refractivity contribution in [2.45, 2.75) is 52.1 Å². The molecule has 1 aromatic rings. The van der Waals surface area contributed by atoms with Gasteiger partial charge in [-0.15, -0.1) is 0 Å². The van der Waals surface area contributed by atoms with Crippen molar-refractivity contribution in [2.75, 3.05) is 6.54 Å².